The van der Waals surface area contributed by atoms with Crippen molar-refractivity contribution < 1.29 is 33.3 Å². The first kappa shape index (κ1) is 17.6. The maximum absolute atomic E-state index is 12.5. The van der Waals surface area contributed by atoms with E-state index in [1.807, 2.05) is 0 Å². The maximum Gasteiger partial charge on any atom is 0.310 e. The van der Waals surface area contributed by atoms with Crippen molar-refractivity contribution >= 4 is 23.5 Å². The molecule has 1 saturated heterocycles. The van der Waals surface area contributed by atoms with Crippen molar-refractivity contribution in [1.29, 1.82) is 0 Å². The van der Waals surface area contributed by atoms with Crippen LogP contribution in [0.1, 0.15) is 12.8 Å². The fourth-order valence-electron chi connectivity index (χ4n) is 4.66. The van der Waals surface area contributed by atoms with E-state index in [1.165, 1.54) is 14.2 Å². The lowest BCUT2D eigenvalue weighted by molar-refractivity contribution is -0.157. The maximum atomic E-state index is 12.5. The minimum absolute atomic E-state index is 0.0413. The normalized spacial score (nSPS) is 30.0. The first-order valence-electron chi connectivity index (χ1n) is 8.91. The Kier molecular flexibility index (Phi) is 4.41. The Bertz CT molecular complexity index is 790. The van der Waals surface area contributed by atoms with Crippen LogP contribution in [0.15, 0.2) is 18.2 Å². The zero-order chi connectivity index (χ0) is 19.1. The minimum Gasteiger partial charge on any atom is -0.497 e. The van der Waals surface area contributed by atoms with Gasteiger partial charge in [0.15, 0.2) is 6.61 Å². The summed E-state index contributed by atoms with van der Waals surface area (Å²) in [5.41, 5.74) is 0.417. The predicted molar refractivity (Wildman–Crippen MR) is 92.2 cm³/mol. The van der Waals surface area contributed by atoms with Crippen LogP contribution in [-0.2, 0) is 23.9 Å². The van der Waals surface area contributed by atoms with Gasteiger partial charge in [-0.2, -0.15) is 0 Å². The lowest BCUT2D eigenvalue weighted by Gasteiger charge is -2.22. The van der Waals surface area contributed by atoms with Crippen LogP contribution in [0.4, 0.5) is 5.69 Å². The number of nitrogens with one attached hydrogen (secondary N) is 1. The van der Waals surface area contributed by atoms with Crippen molar-refractivity contribution in [3.05, 3.63) is 18.2 Å². The van der Waals surface area contributed by atoms with Gasteiger partial charge in [-0.25, -0.2) is 0 Å². The van der Waals surface area contributed by atoms with Gasteiger partial charge in [-0.15, -0.1) is 0 Å². The topological polar surface area (TPSA) is 100 Å². The highest BCUT2D eigenvalue weighted by Crippen LogP contribution is 2.57. The molecule has 5 atom stereocenters. The molecule has 2 saturated carbocycles. The van der Waals surface area contributed by atoms with E-state index in [-0.39, 0.29) is 23.9 Å². The zero-order valence-corrected chi connectivity index (χ0v) is 15.1. The summed E-state index contributed by atoms with van der Waals surface area (Å²) in [6, 6.07) is 4.98. The van der Waals surface area contributed by atoms with E-state index >= 15 is 0 Å². The lowest BCUT2D eigenvalue weighted by Crippen LogP contribution is -2.35. The number of carbonyl (C=O) groups is 3. The summed E-state index contributed by atoms with van der Waals surface area (Å²) >= 11 is 0. The molecule has 0 unspecified atom stereocenters. The highest BCUT2D eigenvalue weighted by Gasteiger charge is 2.64. The summed E-state index contributed by atoms with van der Waals surface area (Å²) in [5, 5.41) is 2.65. The molecule has 0 radical (unpaired) electrons. The molecule has 0 aromatic heterocycles. The van der Waals surface area contributed by atoms with E-state index < -0.39 is 30.3 Å². The van der Waals surface area contributed by atoms with Gasteiger partial charge >= 0.3 is 11.9 Å². The van der Waals surface area contributed by atoms with Crippen molar-refractivity contribution in [3.63, 3.8) is 0 Å². The number of hydrogen-bond donors (Lipinski definition) is 1. The second kappa shape index (κ2) is 6.75. The number of benzene rings is 1. The zero-order valence-electron chi connectivity index (χ0n) is 15.1. The molecule has 1 heterocycles. The third kappa shape index (κ3) is 2.98. The minimum atomic E-state index is -0.502. The van der Waals surface area contributed by atoms with Crippen LogP contribution in [0.25, 0.3) is 0 Å². The molecule has 8 heteroatoms. The quantitative estimate of drug-likeness (QED) is 0.750. The number of anilines is 1. The summed E-state index contributed by atoms with van der Waals surface area (Å²) in [4.78, 5) is 36.7. The third-order valence-corrected chi connectivity index (χ3v) is 5.78. The molecule has 27 heavy (non-hydrogen) atoms. The van der Waals surface area contributed by atoms with Crippen LogP contribution in [0.2, 0.25) is 0 Å². The lowest BCUT2D eigenvalue weighted by atomic mass is 9.80. The standard InChI is InChI=1S/C19H21NO7/c1-24-10-3-4-13(25-2)12(7-10)20-15(21)8-26-18(22)16-9-5-11-14(6-9)27-19(23)17(11)16/h3-4,7,9,11,14,16-17H,5-6,8H2,1-2H3,(H,20,21)/t9-,11+,14-,16-,17-/m1/s1. The van der Waals surface area contributed by atoms with E-state index in [0.29, 0.717) is 23.6 Å². The molecular weight excluding hydrogens is 354 g/mol. The van der Waals surface area contributed by atoms with Crippen molar-refractivity contribution in [2.75, 3.05) is 26.1 Å². The van der Waals surface area contributed by atoms with Crippen LogP contribution < -0.4 is 14.8 Å². The molecule has 1 N–H and O–H groups in total. The Hall–Kier alpha value is -2.77. The molecule has 1 amide bonds. The average Bonchev–Trinajstić information content (AvgIpc) is 3.28. The summed E-state index contributed by atoms with van der Waals surface area (Å²) in [7, 11) is 3.00. The number of esters is 2. The molecule has 3 aliphatic rings. The number of amides is 1. The predicted octanol–water partition coefficient (Wildman–Crippen LogP) is 1.38. The Labute approximate surface area is 156 Å². The summed E-state index contributed by atoms with van der Waals surface area (Å²) in [6.45, 7) is -0.432. The SMILES string of the molecule is COc1ccc(OC)c(NC(=O)COC(=O)[C@@H]2[C@@H]3C[C@@H]4[C@H]2C(=O)O[C@@H]4C3)c1. The number of hydrogen-bond acceptors (Lipinski definition) is 7. The van der Waals surface area contributed by atoms with E-state index in [1.54, 1.807) is 18.2 Å². The monoisotopic (exact) mass is 375 g/mol. The Morgan fingerprint density at radius 3 is 2.78 bits per heavy atom. The number of rotatable bonds is 6. The van der Waals surface area contributed by atoms with Gasteiger partial charge in [-0.3, -0.25) is 14.4 Å². The highest BCUT2D eigenvalue weighted by molar-refractivity contribution is 5.95. The molecule has 8 nitrogen and oxygen atoms in total. The van der Waals surface area contributed by atoms with Gasteiger partial charge in [-0.1, -0.05) is 0 Å². The molecular formula is C19H21NO7. The number of carbonyl (C=O) groups excluding carboxylic acids is 3. The van der Waals surface area contributed by atoms with Gasteiger partial charge < -0.3 is 24.3 Å². The summed E-state index contributed by atoms with van der Waals surface area (Å²) in [6.07, 6.45) is 1.48. The first-order chi connectivity index (χ1) is 13.0. The van der Waals surface area contributed by atoms with Gasteiger partial charge in [0.1, 0.15) is 17.6 Å². The first-order valence-corrected chi connectivity index (χ1v) is 8.91. The fraction of sp³-hybridized carbons (Fsp3) is 0.526. The van der Waals surface area contributed by atoms with Gasteiger partial charge in [-0.05, 0) is 30.9 Å². The van der Waals surface area contributed by atoms with Crippen LogP contribution in [0.3, 0.4) is 0 Å². The number of fused-ring (bicyclic) bond motifs is 1. The second-order valence-electron chi connectivity index (χ2n) is 7.14. The van der Waals surface area contributed by atoms with Gasteiger partial charge in [0.25, 0.3) is 5.91 Å². The summed E-state index contributed by atoms with van der Waals surface area (Å²) < 4.78 is 20.9. The van der Waals surface area contributed by atoms with Crippen molar-refractivity contribution in [2.45, 2.75) is 18.9 Å². The third-order valence-electron chi connectivity index (χ3n) is 5.78. The Morgan fingerprint density at radius 1 is 1.22 bits per heavy atom. The smallest absolute Gasteiger partial charge is 0.310 e. The molecule has 1 aromatic rings. The van der Waals surface area contributed by atoms with Crippen LogP contribution >= 0.6 is 0 Å². The second-order valence-corrected chi connectivity index (χ2v) is 7.14. The van der Waals surface area contributed by atoms with Crippen molar-refractivity contribution in [3.8, 4) is 11.5 Å². The van der Waals surface area contributed by atoms with E-state index in [4.69, 9.17) is 18.9 Å². The van der Waals surface area contributed by atoms with Crippen molar-refractivity contribution in [1.82, 2.24) is 0 Å². The van der Waals surface area contributed by atoms with Gasteiger partial charge in [0.2, 0.25) is 0 Å². The van der Waals surface area contributed by atoms with Crippen molar-refractivity contribution in [2.24, 2.45) is 23.7 Å². The van der Waals surface area contributed by atoms with E-state index in [2.05, 4.69) is 5.32 Å². The molecule has 4 rings (SSSR count). The molecule has 1 aliphatic heterocycles. The fourth-order valence-corrected chi connectivity index (χ4v) is 4.66. The summed E-state index contributed by atoms with van der Waals surface area (Å²) in [5.74, 6) is -0.980. The van der Waals surface area contributed by atoms with Gasteiger partial charge in [0, 0.05) is 12.0 Å². The molecule has 3 fully saturated rings. The highest BCUT2D eigenvalue weighted by atomic mass is 16.6. The molecule has 2 aliphatic carbocycles. The van der Waals surface area contributed by atoms with Crippen LogP contribution in [0, 0.1) is 23.7 Å². The largest absolute Gasteiger partial charge is 0.497 e. The molecule has 144 valence electrons. The molecule has 2 bridgehead atoms. The molecule has 1 aromatic carbocycles. The van der Waals surface area contributed by atoms with Crippen LogP contribution in [-0.4, -0.2) is 44.8 Å². The van der Waals surface area contributed by atoms with Crippen LogP contribution in [0.5, 0.6) is 11.5 Å². The Balaban J connectivity index is 1.36. The van der Waals surface area contributed by atoms with E-state index in [9.17, 15) is 14.4 Å². The Morgan fingerprint density at radius 2 is 2.04 bits per heavy atom. The number of ether oxygens (including phenoxy) is 4. The van der Waals surface area contributed by atoms with E-state index in [0.717, 1.165) is 6.42 Å². The number of methoxy groups -OCH3 is 2. The average molecular weight is 375 g/mol. The molecule has 0 spiro atoms. The van der Waals surface area contributed by atoms with Gasteiger partial charge in [0.05, 0.1) is 31.7 Å².